The molecule has 2 saturated heterocycles. The average Bonchev–Trinajstić information content (AvgIpc) is 3.75. The minimum absolute atomic E-state index is 0.0872. The first-order valence-corrected chi connectivity index (χ1v) is 16.7. The first-order chi connectivity index (χ1) is 23.7. The molecule has 282 valence electrons. The molecule has 0 amide bonds. The van der Waals surface area contributed by atoms with Gasteiger partial charge in [0.15, 0.2) is 30.0 Å². The van der Waals surface area contributed by atoms with Crippen molar-refractivity contribution in [2.75, 3.05) is 13.2 Å². The summed E-state index contributed by atoms with van der Waals surface area (Å²) in [7, 11) is 0. The Hall–Kier alpha value is -4.31. The molecule has 51 heavy (non-hydrogen) atoms. The number of fused-ring (bicyclic) bond motifs is 3. The van der Waals surface area contributed by atoms with Crippen LogP contribution in [0.25, 0.3) is 0 Å². The fraction of sp³-hybridized carbons (Fsp3) is 0.686. The number of aliphatic hydroxyl groups is 1. The second kappa shape index (κ2) is 14.7. The maximum Gasteiger partial charge on any atom is 0.312 e. The van der Waals surface area contributed by atoms with Crippen molar-refractivity contribution in [3.8, 4) is 0 Å². The third kappa shape index (κ3) is 7.66. The van der Waals surface area contributed by atoms with Gasteiger partial charge >= 0.3 is 41.8 Å². The van der Waals surface area contributed by atoms with Gasteiger partial charge in [0.05, 0.1) is 17.9 Å². The molecular formula is C35H46O16. The number of carbonyl (C=O) groups is 7. The van der Waals surface area contributed by atoms with Crippen LogP contribution in [0.15, 0.2) is 23.8 Å². The molecule has 0 unspecified atom stereocenters. The summed E-state index contributed by atoms with van der Waals surface area (Å²) >= 11 is 0. The minimum atomic E-state index is -2.43. The van der Waals surface area contributed by atoms with Gasteiger partial charge in [0.2, 0.25) is 0 Å². The van der Waals surface area contributed by atoms with Crippen LogP contribution in [0.1, 0.15) is 68.7 Å². The smallest absolute Gasteiger partial charge is 0.312 e. The average molecular weight is 723 g/mol. The van der Waals surface area contributed by atoms with Crippen molar-refractivity contribution in [3.05, 3.63) is 23.8 Å². The quantitative estimate of drug-likeness (QED) is 0.202. The van der Waals surface area contributed by atoms with Gasteiger partial charge < -0.3 is 43.0 Å². The van der Waals surface area contributed by atoms with E-state index in [2.05, 4.69) is 0 Å². The minimum Gasteiger partial charge on any atom is -0.461 e. The van der Waals surface area contributed by atoms with Crippen LogP contribution in [0, 0.1) is 23.2 Å². The lowest BCUT2D eigenvalue weighted by molar-refractivity contribution is -0.279. The van der Waals surface area contributed by atoms with Crippen LogP contribution in [0.3, 0.4) is 0 Å². The highest BCUT2D eigenvalue weighted by Crippen LogP contribution is 2.63. The number of hydrogen-bond donors (Lipinski definition) is 1. The van der Waals surface area contributed by atoms with Gasteiger partial charge in [0.1, 0.15) is 24.4 Å². The Morgan fingerprint density at radius 1 is 0.863 bits per heavy atom. The third-order valence-corrected chi connectivity index (χ3v) is 9.79. The maximum atomic E-state index is 13.4. The maximum absolute atomic E-state index is 13.4. The molecule has 4 aliphatic rings. The summed E-state index contributed by atoms with van der Waals surface area (Å²) in [6, 6.07) is 0. The summed E-state index contributed by atoms with van der Waals surface area (Å²) in [5, 5.41) is 12.8. The van der Waals surface area contributed by atoms with Crippen LogP contribution in [0.5, 0.6) is 0 Å². The molecule has 0 bridgehead atoms. The van der Waals surface area contributed by atoms with Gasteiger partial charge in [-0.25, -0.2) is 0 Å². The predicted molar refractivity (Wildman–Crippen MR) is 170 cm³/mol. The van der Waals surface area contributed by atoms with E-state index in [1.165, 1.54) is 39.0 Å². The standard InChI is InChI=1S/C35H46O16/c1-16(2)12-26(41)51-27-29(47-20(6)38)33(9)24(46-19(5)37)11-10-23(14-44-18(4)36)13-25-35(43,17(3)32(42)50-25)31(49-22(8)40)28(33)34(15-45-34)30(27)48-21(7)39/h10-11,13,16-17,24-25,27-31,43H,12,14-15H2,1-9H3/b11-10-,23-13-/t17-,24-,25-,27+,28+,29-,30+,31-,33+,34-,35-/m0/s1. The van der Waals surface area contributed by atoms with Gasteiger partial charge in [-0.15, -0.1) is 0 Å². The van der Waals surface area contributed by atoms with Crippen LogP contribution in [0.2, 0.25) is 0 Å². The van der Waals surface area contributed by atoms with E-state index < -0.39 is 107 Å². The first-order valence-electron chi connectivity index (χ1n) is 16.7. The molecule has 2 aliphatic heterocycles. The lowest BCUT2D eigenvalue weighted by atomic mass is 9.51. The number of epoxide rings is 1. The fourth-order valence-corrected chi connectivity index (χ4v) is 7.63. The first kappa shape index (κ1) is 39.5. The Labute approximate surface area is 295 Å². The van der Waals surface area contributed by atoms with Crippen molar-refractivity contribution in [1.82, 2.24) is 0 Å². The Morgan fingerprint density at radius 3 is 1.92 bits per heavy atom. The van der Waals surface area contributed by atoms with Gasteiger partial charge in [0, 0.05) is 47.0 Å². The molecule has 0 radical (unpaired) electrons. The van der Waals surface area contributed by atoms with E-state index >= 15 is 0 Å². The summed E-state index contributed by atoms with van der Waals surface area (Å²) in [5.41, 5.74) is -5.91. The molecule has 0 aromatic heterocycles. The molecule has 4 rings (SSSR count). The molecule has 3 fully saturated rings. The van der Waals surface area contributed by atoms with Crippen LogP contribution in [0.4, 0.5) is 0 Å². The molecule has 2 heterocycles. The van der Waals surface area contributed by atoms with Crippen LogP contribution in [-0.2, 0) is 71.5 Å². The van der Waals surface area contributed by atoms with Gasteiger partial charge in [-0.2, -0.15) is 0 Å². The number of hydrogen-bond acceptors (Lipinski definition) is 16. The molecule has 1 spiro atoms. The second-order valence-corrected chi connectivity index (χ2v) is 14.1. The third-order valence-electron chi connectivity index (χ3n) is 9.79. The summed E-state index contributed by atoms with van der Waals surface area (Å²) < 4.78 is 46.6. The van der Waals surface area contributed by atoms with Crippen molar-refractivity contribution in [3.63, 3.8) is 0 Å². The molecule has 0 aromatic carbocycles. The largest absolute Gasteiger partial charge is 0.461 e. The number of rotatable bonds is 9. The van der Waals surface area contributed by atoms with E-state index in [0.29, 0.717) is 0 Å². The molecular weight excluding hydrogens is 676 g/mol. The molecule has 2 aliphatic carbocycles. The molecule has 0 aromatic rings. The number of ether oxygens (including phenoxy) is 8. The Morgan fingerprint density at radius 2 is 1.41 bits per heavy atom. The summed E-state index contributed by atoms with van der Waals surface area (Å²) in [4.78, 5) is 90.0. The van der Waals surface area contributed by atoms with Crippen LogP contribution in [-0.4, -0.2) is 108 Å². The van der Waals surface area contributed by atoms with Crippen molar-refractivity contribution >= 4 is 41.8 Å². The Bertz CT molecular complexity index is 1510. The van der Waals surface area contributed by atoms with E-state index in [1.807, 2.05) is 0 Å². The molecule has 16 heteroatoms. The summed E-state index contributed by atoms with van der Waals surface area (Å²) in [5.74, 6) is -8.76. The van der Waals surface area contributed by atoms with E-state index in [9.17, 15) is 38.7 Å². The van der Waals surface area contributed by atoms with E-state index in [0.717, 1.165) is 27.7 Å². The highest BCUT2D eigenvalue weighted by atomic mass is 16.7. The monoisotopic (exact) mass is 722 g/mol. The molecule has 1 saturated carbocycles. The van der Waals surface area contributed by atoms with E-state index in [4.69, 9.17) is 37.9 Å². The second-order valence-electron chi connectivity index (χ2n) is 14.1. The van der Waals surface area contributed by atoms with Gasteiger partial charge in [0.25, 0.3) is 0 Å². The number of esters is 7. The van der Waals surface area contributed by atoms with Crippen molar-refractivity contribution < 1.29 is 76.6 Å². The van der Waals surface area contributed by atoms with E-state index in [1.54, 1.807) is 13.8 Å². The van der Waals surface area contributed by atoms with Crippen molar-refractivity contribution in [2.45, 2.75) is 117 Å². The van der Waals surface area contributed by atoms with Crippen molar-refractivity contribution in [2.24, 2.45) is 23.2 Å². The van der Waals surface area contributed by atoms with Crippen LogP contribution >= 0.6 is 0 Å². The lowest BCUT2D eigenvalue weighted by Gasteiger charge is -2.59. The topological polar surface area (TPSA) is 217 Å². The van der Waals surface area contributed by atoms with Crippen molar-refractivity contribution in [1.29, 1.82) is 0 Å². The van der Waals surface area contributed by atoms with Gasteiger partial charge in [-0.05, 0) is 30.6 Å². The Balaban J connectivity index is 2.15. The van der Waals surface area contributed by atoms with Crippen LogP contribution < -0.4 is 0 Å². The molecule has 11 atom stereocenters. The zero-order chi connectivity index (χ0) is 38.2. The fourth-order valence-electron chi connectivity index (χ4n) is 7.63. The highest BCUT2D eigenvalue weighted by molar-refractivity contribution is 5.78. The van der Waals surface area contributed by atoms with Gasteiger partial charge in [-0.3, -0.25) is 33.6 Å². The Kier molecular flexibility index (Phi) is 11.4. The summed E-state index contributed by atoms with van der Waals surface area (Å²) in [6.45, 7) is 11.3. The number of carbonyl (C=O) groups excluding carboxylic acids is 7. The molecule has 16 nitrogen and oxygen atoms in total. The molecule has 1 N–H and O–H groups in total. The zero-order valence-electron chi connectivity index (χ0n) is 30.1. The lowest BCUT2D eigenvalue weighted by Crippen LogP contribution is -2.76. The summed E-state index contributed by atoms with van der Waals surface area (Å²) in [6.07, 6.45) is -5.58. The zero-order valence-corrected chi connectivity index (χ0v) is 30.1. The SMILES string of the molecule is CC(=O)OCC1=C\[C@@H]2OC(=O)[C@H](C)[C@@]2(O)[C@@H](OC(C)=O)[C@H]2[C@@]3(CO3)[C@H](OC(C)=O)[C@H](OC(=O)CC(C)C)[C@H](OC(C)=O)[C@]2(C)[C@@H](OC(C)=O)/C=C\1. The van der Waals surface area contributed by atoms with Gasteiger partial charge in [-0.1, -0.05) is 26.8 Å². The normalized spacial score (nSPS) is 38.4. The van der Waals surface area contributed by atoms with E-state index in [-0.39, 0.29) is 31.1 Å². The predicted octanol–water partition coefficient (Wildman–Crippen LogP) is 1.43. The highest BCUT2D eigenvalue weighted by Gasteiger charge is 2.81.